The monoisotopic (exact) mass is 424 g/mol. The predicted octanol–water partition coefficient (Wildman–Crippen LogP) is 4.41. The molecular formula is C22H20N2O3S2. The van der Waals surface area contributed by atoms with Crippen LogP contribution >= 0.6 is 11.8 Å². The molecule has 3 aromatic carbocycles. The second-order valence-corrected chi connectivity index (χ2v) is 9.35. The van der Waals surface area contributed by atoms with Crippen molar-refractivity contribution >= 4 is 39.1 Å². The van der Waals surface area contributed by atoms with Gasteiger partial charge in [-0.25, -0.2) is 8.42 Å². The summed E-state index contributed by atoms with van der Waals surface area (Å²) in [5, 5.41) is 2.94. The molecule has 0 saturated carbocycles. The molecule has 0 saturated heterocycles. The Hall–Kier alpha value is -2.77. The zero-order valence-electron chi connectivity index (χ0n) is 15.8. The number of benzene rings is 3. The van der Waals surface area contributed by atoms with E-state index < -0.39 is 10.0 Å². The molecule has 0 atom stereocenters. The summed E-state index contributed by atoms with van der Waals surface area (Å²) in [6, 6.07) is 21.2. The lowest BCUT2D eigenvalue weighted by Gasteiger charge is -2.19. The normalized spacial score (nSPS) is 13.2. The summed E-state index contributed by atoms with van der Waals surface area (Å²) < 4.78 is 27.4. The summed E-state index contributed by atoms with van der Waals surface area (Å²) in [5.41, 5.74) is 2.77. The van der Waals surface area contributed by atoms with Crippen molar-refractivity contribution < 1.29 is 13.2 Å². The molecule has 1 aliphatic heterocycles. The summed E-state index contributed by atoms with van der Waals surface area (Å²) in [6.45, 7) is 0.368. The molecular weight excluding hydrogens is 404 g/mol. The molecule has 1 amide bonds. The van der Waals surface area contributed by atoms with E-state index in [-0.39, 0.29) is 10.8 Å². The van der Waals surface area contributed by atoms with E-state index in [0.717, 1.165) is 16.1 Å². The lowest BCUT2D eigenvalue weighted by atomic mass is 10.1. The van der Waals surface area contributed by atoms with Crippen molar-refractivity contribution in [2.45, 2.75) is 16.2 Å². The molecule has 0 fully saturated rings. The average Bonchev–Trinajstić information content (AvgIpc) is 3.19. The zero-order chi connectivity index (χ0) is 20.4. The Kier molecular flexibility index (Phi) is 5.34. The van der Waals surface area contributed by atoms with Gasteiger partial charge in [0.2, 0.25) is 0 Å². The largest absolute Gasteiger partial charge is 0.321 e. The van der Waals surface area contributed by atoms with Crippen LogP contribution in [0.25, 0.3) is 0 Å². The number of hydrogen-bond donors (Lipinski definition) is 1. The molecule has 29 heavy (non-hydrogen) atoms. The Morgan fingerprint density at radius 1 is 1.00 bits per heavy atom. The van der Waals surface area contributed by atoms with Crippen molar-refractivity contribution in [1.82, 2.24) is 0 Å². The highest BCUT2D eigenvalue weighted by molar-refractivity contribution is 7.98. The van der Waals surface area contributed by atoms with Crippen LogP contribution in [-0.2, 0) is 16.4 Å². The molecule has 0 aliphatic carbocycles. The molecule has 0 unspecified atom stereocenters. The molecule has 7 heteroatoms. The van der Waals surface area contributed by atoms with Crippen LogP contribution in [-0.4, -0.2) is 27.1 Å². The molecule has 1 N–H and O–H groups in total. The van der Waals surface area contributed by atoms with Gasteiger partial charge in [-0.3, -0.25) is 9.10 Å². The Bertz CT molecular complexity index is 1160. The highest BCUT2D eigenvalue weighted by Gasteiger charge is 2.31. The van der Waals surface area contributed by atoms with Crippen molar-refractivity contribution in [3.05, 3.63) is 83.9 Å². The van der Waals surface area contributed by atoms with Gasteiger partial charge in [0.05, 0.1) is 16.3 Å². The maximum absolute atomic E-state index is 13.0. The summed E-state index contributed by atoms with van der Waals surface area (Å²) in [7, 11) is -3.61. The van der Waals surface area contributed by atoms with Crippen molar-refractivity contribution in [2.75, 3.05) is 22.4 Å². The van der Waals surface area contributed by atoms with Crippen molar-refractivity contribution in [1.29, 1.82) is 0 Å². The zero-order valence-corrected chi connectivity index (χ0v) is 17.5. The number of thioether (sulfide) groups is 1. The first-order valence-electron chi connectivity index (χ1n) is 9.16. The lowest BCUT2D eigenvalue weighted by Crippen LogP contribution is -2.29. The highest BCUT2D eigenvalue weighted by atomic mass is 32.2. The van der Waals surface area contributed by atoms with Gasteiger partial charge in [0.1, 0.15) is 0 Å². The van der Waals surface area contributed by atoms with Crippen LogP contribution < -0.4 is 9.62 Å². The van der Waals surface area contributed by atoms with Gasteiger partial charge >= 0.3 is 0 Å². The Labute approximate surface area is 174 Å². The van der Waals surface area contributed by atoms with E-state index in [4.69, 9.17) is 0 Å². The van der Waals surface area contributed by atoms with E-state index in [1.165, 1.54) is 4.31 Å². The van der Waals surface area contributed by atoms with Gasteiger partial charge in [-0.15, -0.1) is 11.8 Å². The molecule has 3 aromatic rings. The number of rotatable bonds is 5. The van der Waals surface area contributed by atoms with Crippen LogP contribution in [0.1, 0.15) is 15.9 Å². The minimum atomic E-state index is -3.61. The summed E-state index contributed by atoms with van der Waals surface area (Å²) in [6.07, 6.45) is 2.53. The molecule has 0 aromatic heterocycles. The third-order valence-corrected chi connectivity index (χ3v) is 7.50. The molecule has 5 nitrogen and oxygen atoms in total. The van der Waals surface area contributed by atoms with Crippen molar-refractivity contribution in [3.63, 3.8) is 0 Å². The molecule has 1 heterocycles. The number of carbonyl (C=O) groups excluding carboxylic acids is 1. The van der Waals surface area contributed by atoms with E-state index in [9.17, 15) is 13.2 Å². The van der Waals surface area contributed by atoms with Gasteiger partial charge < -0.3 is 5.32 Å². The molecule has 0 radical (unpaired) electrons. The predicted molar refractivity (Wildman–Crippen MR) is 117 cm³/mol. The van der Waals surface area contributed by atoms with E-state index in [1.54, 1.807) is 60.3 Å². The molecule has 0 spiro atoms. The summed E-state index contributed by atoms with van der Waals surface area (Å²) >= 11 is 1.57. The van der Waals surface area contributed by atoms with Gasteiger partial charge in [-0.1, -0.05) is 30.3 Å². The van der Waals surface area contributed by atoms with Gasteiger partial charge in [-0.05, 0) is 60.7 Å². The second kappa shape index (κ2) is 7.93. The highest BCUT2D eigenvalue weighted by Crippen LogP contribution is 2.34. The number of fused-ring (bicyclic) bond motifs is 1. The number of hydrogen-bond acceptors (Lipinski definition) is 4. The van der Waals surface area contributed by atoms with E-state index >= 15 is 0 Å². The summed E-state index contributed by atoms with van der Waals surface area (Å²) in [5.74, 6) is -0.210. The molecule has 0 bridgehead atoms. The fourth-order valence-corrected chi connectivity index (χ4v) is 5.50. The van der Waals surface area contributed by atoms with Crippen LogP contribution in [0.2, 0.25) is 0 Å². The fourth-order valence-electron chi connectivity index (χ4n) is 3.42. The Morgan fingerprint density at radius 2 is 1.72 bits per heavy atom. The van der Waals surface area contributed by atoms with Crippen LogP contribution in [0.3, 0.4) is 0 Å². The number of nitrogens with one attached hydrogen (secondary N) is 1. The van der Waals surface area contributed by atoms with Crippen LogP contribution in [0.15, 0.2) is 82.6 Å². The second-order valence-electron chi connectivity index (χ2n) is 6.64. The Balaban J connectivity index is 1.60. The van der Waals surface area contributed by atoms with Gasteiger partial charge in [0.25, 0.3) is 15.9 Å². The van der Waals surface area contributed by atoms with E-state index in [1.807, 2.05) is 30.5 Å². The molecule has 4 rings (SSSR count). The fraction of sp³-hybridized carbons (Fsp3) is 0.136. The molecule has 148 valence electrons. The van der Waals surface area contributed by atoms with Crippen LogP contribution in [0, 0.1) is 0 Å². The van der Waals surface area contributed by atoms with E-state index in [2.05, 4.69) is 5.32 Å². The number of nitrogens with zero attached hydrogens (tertiary/aromatic N) is 1. The molecule has 1 aliphatic rings. The first-order valence-corrected chi connectivity index (χ1v) is 11.8. The maximum Gasteiger partial charge on any atom is 0.264 e. The summed E-state index contributed by atoms with van der Waals surface area (Å²) in [4.78, 5) is 14.0. The third kappa shape index (κ3) is 3.75. The smallest absolute Gasteiger partial charge is 0.264 e. The number of carbonyl (C=O) groups is 1. The number of sulfonamides is 1. The van der Waals surface area contributed by atoms with Gasteiger partial charge in [0, 0.05) is 17.0 Å². The first-order chi connectivity index (χ1) is 14.0. The SMILES string of the molecule is CSc1ccccc1NC(=O)c1ccc2c(c1)CCN2S(=O)(=O)c1ccccc1. The van der Waals surface area contributed by atoms with Crippen molar-refractivity contribution in [2.24, 2.45) is 0 Å². The third-order valence-electron chi connectivity index (χ3n) is 4.88. The van der Waals surface area contributed by atoms with Crippen LogP contribution in [0.4, 0.5) is 11.4 Å². The first kappa shape index (κ1) is 19.5. The Morgan fingerprint density at radius 3 is 2.48 bits per heavy atom. The number of para-hydroxylation sites is 1. The minimum absolute atomic E-state index is 0.210. The minimum Gasteiger partial charge on any atom is -0.321 e. The maximum atomic E-state index is 13.0. The van der Waals surface area contributed by atoms with Gasteiger partial charge in [0.15, 0.2) is 0 Å². The van der Waals surface area contributed by atoms with Gasteiger partial charge in [-0.2, -0.15) is 0 Å². The van der Waals surface area contributed by atoms with Crippen molar-refractivity contribution in [3.8, 4) is 0 Å². The number of amides is 1. The average molecular weight is 425 g/mol. The topological polar surface area (TPSA) is 66.5 Å². The lowest BCUT2D eigenvalue weighted by molar-refractivity contribution is 0.102. The standard InChI is InChI=1S/C22H20N2O3S2/c1-28-21-10-6-5-9-19(21)23-22(25)17-11-12-20-16(15-17)13-14-24(20)29(26,27)18-7-3-2-4-8-18/h2-12,15H,13-14H2,1H3,(H,23,25). The van der Waals surface area contributed by atoms with Crippen LogP contribution in [0.5, 0.6) is 0 Å². The van der Waals surface area contributed by atoms with E-state index in [0.29, 0.717) is 24.2 Å². The quantitative estimate of drug-likeness (QED) is 0.616. The number of anilines is 2.